The molecule has 0 aromatic heterocycles. The van der Waals surface area contributed by atoms with E-state index >= 15 is 0 Å². The lowest BCUT2D eigenvalue weighted by molar-refractivity contribution is -0.271. The minimum absolute atomic E-state index is 0.186. The van der Waals surface area contributed by atoms with Gasteiger partial charge in [0.15, 0.2) is 5.79 Å². The van der Waals surface area contributed by atoms with Crippen molar-refractivity contribution in [1.29, 1.82) is 0 Å². The van der Waals surface area contributed by atoms with Crippen LogP contribution >= 0.6 is 0 Å². The van der Waals surface area contributed by atoms with Gasteiger partial charge >= 0.3 is 0 Å². The van der Waals surface area contributed by atoms with Gasteiger partial charge in [0, 0.05) is 40.1 Å². The average Bonchev–Trinajstić information content (AvgIpc) is 3.18. The molecule has 4 nitrogen and oxygen atoms in total. The van der Waals surface area contributed by atoms with Crippen LogP contribution in [0.5, 0.6) is 0 Å². The van der Waals surface area contributed by atoms with Crippen LogP contribution in [0.1, 0.15) is 86.0 Å². The highest BCUT2D eigenvalue weighted by Crippen LogP contribution is 2.69. The summed E-state index contributed by atoms with van der Waals surface area (Å²) < 4.78 is 18.1. The summed E-state index contributed by atoms with van der Waals surface area (Å²) >= 11 is 0. The summed E-state index contributed by atoms with van der Waals surface area (Å²) in [4.78, 5) is 0. The lowest BCUT2D eigenvalue weighted by atomic mass is 9.43. The average molecular weight is 475 g/mol. The van der Waals surface area contributed by atoms with Crippen molar-refractivity contribution < 1.29 is 19.3 Å². The van der Waals surface area contributed by atoms with Crippen LogP contribution in [0.4, 0.5) is 0 Å². The van der Waals surface area contributed by atoms with Crippen molar-refractivity contribution in [3.63, 3.8) is 0 Å². The van der Waals surface area contributed by atoms with Gasteiger partial charge in [-0.2, -0.15) is 0 Å². The van der Waals surface area contributed by atoms with Gasteiger partial charge in [0.1, 0.15) is 6.10 Å². The van der Waals surface area contributed by atoms with Gasteiger partial charge in [0.05, 0.1) is 6.10 Å². The van der Waals surface area contributed by atoms with Crippen molar-refractivity contribution in [1.82, 2.24) is 0 Å². The van der Waals surface area contributed by atoms with E-state index in [4.69, 9.17) is 14.2 Å². The molecular weight excluding hydrogens is 424 g/mol. The molecule has 4 rings (SSSR count). The Kier molecular flexibility index (Phi) is 7.55. The van der Waals surface area contributed by atoms with Gasteiger partial charge in [0.2, 0.25) is 0 Å². The molecule has 4 unspecified atom stereocenters. The highest BCUT2D eigenvalue weighted by molar-refractivity contribution is 5.16. The van der Waals surface area contributed by atoms with Crippen molar-refractivity contribution >= 4 is 0 Å². The Hall–Kier alpha value is -0.600. The third-order valence-electron chi connectivity index (χ3n) is 11.5. The molecule has 0 aliphatic heterocycles. The minimum atomic E-state index is -0.520. The zero-order chi connectivity index (χ0) is 24.9. The molecule has 194 valence electrons. The lowest BCUT2D eigenvalue weighted by Gasteiger charge is -2.64. The van der Waals surface area contributed by atoms with Crippen LogP contribution in [-0.4, -0.2) is 44.4 Å². The molecule has 0 bridgehead atoms. The first-order chi connectivity index (χ1) is 16.0. The third kappa shape index (κ3) is 4.17. The van der Waals surface area contributed by atoms with E-state index in [2.05, 4.69) is 32.6 Å². The second-order valence-electron chi connectivity index (χ2n) is 13.0. The molecule has 4 heteroatoms. The quantitative estimate of drug-likeness (QED) is 0.397. The van der Waals surface area contributed by atoms with Crippen molar-refractivity contribution in [3.8, 4) is 11.8 Å². The van der Waals surface area contributed by atoms with Gasteiger partial charge in [-0.1, -0.05) is 46.5 Å². The summed E-state index contributed by atoms with van der Waals surface area (Å²) in [6.45, 7) is 11.5. The summed E-state index contributed by atoms with van der Waals surface area (Å²) in [6, 6.07) is 0. The van der Waals surface area contributed by atoms with Crippen LogP contribution in [0, 0.1) is 64.1 Å². The van der Waals surface area contributed by atoms with E-state index in [9.17, 15) is 5.11 Å². The number of aliphatic hydroxyl groups excluding tert-OH is 1. The van der Waals surface area contributed by atoms with Gasteiger partial charge in [-0.15, -0.1) is 0 Å². The van der Waals surface area contributed by atoms with E-state index in [1.165, 1.54) is 32.1 Å². The maximum Gasteiger partial charge on any atom is 0.167 e. The largest absolute Gasteiger partial charge is 0.381 e. The van der Waals surface area contributed by atoms with E-state index in [-0.39, 0.29) is 5.92 Å². The first-order valence-electron chi connectivity index (χ1n) is 13.9. The van der Waals surface area contributed by atoms with Crippen LogP contribution in [0.2, 0.25) is 0 Å². The zero-order valence-electron chi connectivity index (χ0n) is 23.0. The van der Waals surface area contributed by atoms with E-state index in [0.29, 0.717) is 52.4 Å². The Labute approximate surface area is 208 Å². The topological polar surface area (TPSA) is 47.9 Å². The molecular formula is C30H50O4. The maximum absolute atomic E-state index is 10.2. The summed E-state index contributed by atoms with van der Waals surface area (Å²) in [6.07, 6.45) is 9.21. The number of aliphatic hydroxyl groups is 1. The van der Waals surface area contributed by atoms with E-state index in [1.54, 1.807) is 14.2 Å². The Bertz CT molecular complexity index is 778. The van der Waals surface area contributed by atoms with Crippen molar-refractivity contribution in [2.45, 2.75) is 104 Å². The molecule has 0 heterocycles. The maximum atomic E-state index is 10.2. The number of fused-ring (bicyclic) bond motifs is 5. The first kappa shape index (κ1) is 26.5. The molecule has 4 fully saturated rings. The van der Waals surface area contributed by atoms with Crippen molar-refractivity contribution in [2.75, 3.05) is 21.3 Å². The third-order valence-corrected chi connectivity index (χ3v) is 11.5. The molecule has 4 aliphatic rings. The number of hydrogen-bond donors (Lipinski definition) is 1. The predicted octanol–water partition coefficient (Wildman–Crippen LogP) is 5.92. The van der Waals surface area contributed by atoms with Crippen molar-refractivity contribution in [2.24, 2.45) is 52.3 Å². The molecule has 4 saturated carbocycles. The van der Waals surface area contributed by atoms with E-state index in [1.807, 2.05) is 21.0 Å². The summed E-state index contributed by atoms with van der Waals surface area (Å²) in [5, 5.41) is 10.2. The molecule has 34 heavy (non-hydrogen) atoms. The van der Waals surface area contributed by atoms with Gasteiger partial charge in [-0.25, -0.2) is 0 Å². The number of hydrogen-bond acceptors (Lipinski definition) is 4. The van der Waals surface area contributed by atoms with Crippen LogP contribution < -0.4 is 0 Å². The molecule has 10 atom stereocenters. The Morgan fingerprint density at radius 2 is 1.53 bits per heavy atom. The number of rotatable bonds is 5. The second-order valence-corrected chi connectivity index (χ2v) is 13.0. The fourth-order valence-electron chi connectivity index (χ4n) is 9.19. The smallest absolute Gasteiger partial charge is 0.167 e. The lowest BCUT2D eigenvalue weighted by Crippen LogP contribution is -2.60. The van der Waals surface area contributed by atoms with Gasteiger partial charge in [-0.3, -0.25) is 0 Å². The normalized spacial score (nSPS) is 44.9. The fourth-order valence-corrected chi connectivity index (χ4v) is 9.19. The standard InChI is InChI=1S/C30H50O4/c1-19(2)25(31)12-9-20(3)22-10-11-23-27-24(13-14-29(22,23)5)28(4)15-16-30(33-7,34-8)18-21(28)17-26(27)32-6/h19-27,31H,10-11,13-18H2,1-8H3/t20?,21-,22+,23?,24?,25+,26+,27?,28-,29+/m0/s1. The highest BCUT2D eigenvalue weighted by atomic mass is 16.7. The Morgan fingerprint density at radius 3 is 2.15 bits per heavy atom. The van der Waals surface area contributed by atoms with Crippen LogP contribution in [0.3, 0.4) is 0 Å². The molecule has 4 aliphatic carbocycles. The summed E-state index contributed by atoms with van der Waals surface area (Å²) in [5.41, 5.74) is 0.655. The van der Waals surface area contributed by atoms with E-state index in [0.717, 1.165) is 19.3 Å². The first-order valence-corrected chi connectivity index (χ1v) is 13.9. The number of methoxy groups -OCH3 is 3. The van der Waals surface area contributed by atoms with Gasteiger partial charge in [0.25, 0.3) is 0 Å². The van der Waals surface area contributed by atoms with Gasteiger partial charge < -0.3 is 19.3 Å². The molecule has 0 aromatic carbocycles. The Balaban J connectivity index is 1.58. The molecule has 0 aromatic rings. The highest BCUT2D eigenvalue weighted by Gasteiger charge is 2.64. The minimum Gasteiger partial charge on any atom is -0.381 e. The molecule has 0 amide bonds. The second kappa shape index (κ2) is 9.70. The fraction of sp³-hybridized carbons (Fsp3) is 0.933. The number of ether oxygens (including phenoxy) is 3. The monoisotopic (exact) mass is 474 g/mol. The van der Waals surface area contributed by atoms with Gasteiger partial charge in [-0.05, 0) is 84.9 Å². The SMILES string of the molecule is CO[C@@H]1C[C@H]2CC(OC)(OC)CC[C@]2(C)C2CC[C@@]3(C)C(CC[C@@H]3C(C)C#C[C@@H](O)C(C)C)C21. The van der Waals surface area contributed by atoms with Crippen LogP contribution in [0.15, 0.2) is 0 Å². The van der Waals surface area contributed by atoms with Crippen LogP contribution in [0.25, 0.3) is 0 Å². The van der Waals surface area contributed by atoms with Crippen molar-refractivity contribution in [3.05, 3.63) is 0 Å². The molecule has 0 spiro atoms. The summed E-state index contributed by atoms with van der Waals surface area (Å²) in [7, 11) is 5.55. The predicted molar refractivity (Wildman–Crippen MR) is 136 cm³/mol. The Morgan fingerprint density at radius 1 is 0.853 bits per heavy atom. The molecule has 0 saturated heterocycles. The summed E-state index contributed by atoms with van der Waals surface area (Å²) in [5.74, 6) is 9.96. The molecule has 0 radical (unpaired) electrons. The zero-order valence-corrected chi connectivity index (χ0v) is 23.0. The molecule has 1 N–H and O–H groups in total. The van der Waals surface area contributed by atoms with E-state index < -0.39 is 11.9 Å². The van der Waals surface area contributed by atoms with Crippen LogP contribution in [-0.2, 0) is 14.2 Å².